The molecule has 0 fully saturated rings. The maximum atomic E-state index is 13.0. The minimum Gasteiger partial charge on any atom is -0.338 e. The average Bonchev–Trinajstić information content (AvgIpc) is 2.59. The van der Waals surface area contributed by atoms with Gasteiger partial charge in [-0.25, -0.2) is 13.6 Å². The molecule has 1 atom stereocenters. The Morgan fingerprint density at radius 1 is 1.17 bits per heavy atom. The van der Waals surface area contributed by atoms with Gasteiger partial charge in [0.1, 0.15) is 12.5 Å². The molecule has 0 saturated carbocycles. The van der Waals surface area contributed by atoms with Crippen LogP contribution in [0.25, 0.3) is 0 Å². The lowest BCUT2D eigenvalue weighted by Gasteiger charge is -2.18. The SMILES string of the molecule is O=C(NCCF)NCC(Cc1ccc(F)cc1)c1cccnc1. The van der Waals surface area contributed by atoms with Crippen LogP contribution in [-0.4, -0.2) is 30.8 Å². The minimum absolute atomic E-state index is 0.00899. The number of benzene rings is 1. The van der Waals surface area contributed by atoms with E-state index in [1.165, 1.54) is 12.1 Å². The van der Waals surface area contributed by atoms with Gasteiger partial charge in [-0.05, 0) is 35.7 Å². The molecular formula is C17H19F2N3O. The fraction of sp³-hybridized carbons (Fsp3) is 0.294. The van der Waals surface area contributed by atoms with Gasteiger partial charge in [0, 0.05) is 31.4 Å². The van der Waals surface area contributed by atoms with Gasteiger partial charge in [-0.1, -0.05) is 18.2 Å². The summed E-state index contributed by atoms with van der Waals surface area (Å²) in [6, 6.07) is 9.63. The van der Waals surface area contributed by atoms with Crippen LogP contribution in [0.15, 0.2) is 48.8 Å². The molecule has 4 nitrogen and oxygen atoms in total. The molecule has 0 aliphatic rings. The highest BCUT2D eigenvalue weighted by Crippen LogP contribution is 2.20. The largest absolute Gasteiger partial charge is 0.338 e. The van der Waals surface area contributed by atoms with Crippen molar-refractivity contribution in [3.63, 3.8) is 0 Å². The molecule has 0 bridgehead atoms. The monoisotopic (exact) mass is 319 g/mol. The molecular weight excluding hydrogens is 300 g/mol. The topological polar surface area (TPSA) is 54.0 Å². The highest BCUT2D eigenvalue weighted by atomic mass is 19.1. The van der Waals surface area contributed by atoms with E-state index in [1.54, 1.807) is 24.5 Å². The summed E-state index contributed by atoms with van der Waals surface area (Å²) in [6.45, 7) is -0.239. The van der Waals surface area contributed by atoms with Crippen LogP contribution in [0.1, 0.15) is 17.0 Å². The summed E-state index contributed by atoms with van der Waals surface area (Å²) < 4.78 is 25.1. The molecule has 0 aliphatic carbocycles. The van der Waals surface area contributed by atoms with Gasteiger partial charge in [-0.2, -0.15) is 0 Å². The van der Waals surface area contributed by atoms with Crippen molar-refractivity contribution in [3.8, 4) is 0 Å². The van der Waals surface area contributed by atoms with Gasteiger partial charge in [0.15, 0.2) is 0 Å². The molecule has 1 unspecified atom stereocenters. The van der Waals surface area contributed by atoms with Crippen LogP contribution in [0.4, 0.5) is 13.6 Å². The van der Waals surface area contributed by atoms with Crippen LogP contribution in [0.2, 0.25) is 0 Å². The van der Waals surface area contributed by atoms with Gasteiger partial charge >= 0.3 is 6.03 Å². The second kappa shape index (κ2) is 8.82. The Morgan fingerprint density at radius 2 is 1.96 bits per heavy atom. The third-order valence-corrected chi connectivity index (χ3v) is 3.44. The first-order valence-corrected chi connectivity index (χ1v) is 7.41. The van der Waals surface area contributed by atoms with Crippen LogP contribution < -0.4 is 10.6 Å². The predicted molar refractivity (Wildman–Crippen MR) is 84.5 cm³/mol. The zero-order valence-electron chi connectivity index (χ0n) is 12.6. The van der Waals surface area contributed by atoms with Crippen molar-refractivity contribution >= 4 is 6.03 Å². The van der Waals surface area contributed by atoms with Crippen LogP contribution >= 0.6 is 0 Å². The lowest BCUT2D eigenvalue weighted by molar-refractivity contribution is 0.239. The summed E-state index contributed by atoms with van der Waals surface area (Å²) >= 11 is 0. The molecule has 0 radical (unpaired) electrons. The number of alkyl halides is 1. The lowest BCUT2D eigenvalue weighted by Crippen LogP contribution is -2.39. The van der Waals surface area contributed by atoms with Crippen molar-refractivity contribution in [3.05, 3.63) is 65.7 Å². The molecule has 1 aromatic heterocycles. The van der Waals surface area contributed by atoms with Crippen molar-refractivity contribution in [2.24, 2.45) is 0 Å². The van der Waals surface area contributed by atoms with Crippen LogP contribution in [-0.2, 0) is 6.42 Å². The van der Waals surface area contributed by atoms with E-state index in [4.69, 9.17) is 0 Å². The Morgan fingerprint density at radius 3 is 2.61 bits per heavy atom. The first-order valence-electron chi connectivity index (χ1n) is 7.41. The summed E-state index contributed by atoms with van der Waals surface area (Å²) in [5, 5.41) is 5.15. The number of nitrogens with one attached hydrogen (secondary N) is 2. The number of hydrogen-bond acceptors (Lipinski definition) is 2. The quantitative estimate of drug-likeness (QED) is 0.824. The Bertz CT molecular complexity index is 605. The molecule has 122 valence electrons. The van der Waals surface area contributed by atoms with Crippen molar-refractivity contribution in [1.29, 1.82) is 0 Å². The summed E-state index contributed by atoms with van der Waals surface area (Å²) in [7, 11) is 0. The fourth-order valence-electron chi connectivity index (χ4n) is 2.27. The van der Waals surface area contributed by atoms with Crippen molar-refractivity contribution < 1.29 is 13.6 Å². The molecule has 6 heteroatoms. The molecule has 23 heavy (non-hydrogen) atoms. The predicted octanol–water partition coefficient (Wildman–Crippen LogP) is 2.82. The normalized spacial score (nSPS) is 11.7. The highest BCUT2D eigenvalue weighted by Gasteiger charge is 2.14. The molecule has 2 N–H and O–H groups in total. The van der Waals surface area contributed by atoms with Gasteiger partial charge in [-0.3, -0.25) is 4.98 Å². The Hall–Kier alpha value is -2.50. The second-order valence-corrected chi connectivity index (χ2v) is 5.14. The van der Waals surface area contributed by atoms with E-state index in [2.05, 4.69) is 15.6 Å². The van der Waals surface area contributed by atoms with E-state index in [9.17, 15) is 13.6 Å². The highest BCUT2D eigenvalue weighted by molar-refractivity contribution is 5.73. The molecule has 2 aromatic rings. The number of pyridine rings is 1. The van der Waals surface area contributed by atoms with Crippen molar-refractivity contribution in [2.75, 3.05) is 19.8 Å². The third-order valence-electron chi connectivity index (χ3n) is 3.44. The zero-order valence-corrected chi connectivity index (χ0v) is 12.6. The summed E-state index contributed by atoms with van der Waals surface area (Å²) in [5.74, 6) is -0.291. The van der Waals surface area contributed by atoms with Gasteiger partial charge in [0.05, 0.1) is 0 Å². The maximum absolute atomic E-state index is 13.0. The standard InChI is InChI=1S/C17H19F2N3O/c18-7-9-21-17(23)22-12-15(14-2-1-8-20-11-14)10-13-3-5-16(19)6-4-13/h1-6,8,11,15H,7,9-10,12H2,(H2,21,22,23). The lowest BCUT2D eigenvalue weighted by atomic mass is 9.93. The Balaban J connectivity index is 2.03. The number of carbonyl (C=O) groups is 1. The number of aromatic nitrogens is 1. The van der Waals surface area contributed by atoms with Crippen LogP contribution in [0.3, 0.4) is 0 Å². The van der Waals surface area contributed by atoms with Gasteiger partial charge < -0.3 is 10.6 Å². The fourth-order valence-corrected chi connectivity index (χ4v) is 2.27. The van der Waals surface area contributed by atoms with Gasteiger partial charge in [0.25, 0.3) is 0 Å². The van der Waals surface area contributed by atoms with E-state index in [0.29, 0.717) is 13.0 Å². The number of amides is 2. The maximum Gasteiger partial charge on any atom is 0.314 e. The van der Waals surface area contributed by atoms with E-state index in [-0.39, 0.29) is 18.3 Å². The number of urea groups is 1. The number of halogens is 2. The van der Waals surface area contributed by atoms with Gasteiger partial charge in [-0.15, -0.1) is 0 Å². The smallest absolute Gasteiger partial charge is 0.314 e. The van der Waals surface area contributed by atoms with E-state index >= 15 is 0 Å². The molecule has 1 aromatic carbocycles. The summed E-state index contributed by atoms with van der Waals surface area (Å²) in [6.07, 6.45) is 4.06. The first kappa shape index (κ1) is 16.9. The van der Waals surface area contributed by atoms with E-state index in [1.807, 2.05) is 12.1 Å². The van der Waals surface area contributed by atoms with Crippen LogP contribution in [0, 0.1) is 5.82 Å². The van der Waals surface area contributed by atoms with Crippen molar-refractivity contribution in [2.45, 2.75) is 12.3 Å². The molecule has 0 spiro atoms. The number of hydrogen-bond donors (Lipinski definition) is 2. The molecule has 0 aliphatic heterocycles. The Labute approximate surface area is 133 Å². The van der Waals surface area contributed by atoms with Crippen LogP contribution in [0.5, 0.6) is 0 Å². The summed E-state index contributed by atoms with van der Waals surface area (Å²) in [4.78, 5) is 15.7. The van der Waals surface area contributed by atoms with E-state index < -0.39 is 12.7 Å². The number of carbonyl (C=O) groups excluding carboxylic acids is 1. The molecule has 1 heterocycles. The van der Waals surface area contributed by atoms with Gasteiger partial charge in [0.2, 0.25) is 0 Å². The third kappa shape index (κ3) is 5.65. The second-order valence-electron chi connectivity index (χ2n) is 5.14. The minimum atomic E-state index is -0.602. The number of nitrogens with zero attached hydrogens (tertiary/aromatic N) is 1. The summed E-state index contributed by atoms with van der Waals surface area (Å²) in [5.41, 5.74) is 1.94. The van der Waals surface area contributed by atoms with E-state index in [0.717, 1.165) is 11.1 Å². The Kier molecular flexibility index (Phi) is 6.47. The zero-order chi connectivity index (χ0) is 16.5. The molecule has 2 rings (SSSR count). The molecule has 0 saturated heterocycles. The number of rotatable bonds is 7. The first-order chi connectivity index (χ1) is 11.2. The average molecular weight is 319 g/mol. The van der Waals surface area contributed by atoms with Crippen molar-refractivity contribution in [1.82, 2.24) is 15.6 Å². The molecule has 2 amide bonds.